The summed E-state index contributed by atoms with van der Waals surface area (Å²) in [6.07, 6.45) is 3.24. The highest BCUT2D eigenvalue weighted by molar-refractivity contribution is 7.89. The first-order chi connectivity index (χ1) is 16.9. The van der Waals surface area contributed by atoms with Gasteiger partial charge in [-0.25, -0.2) is 13.2 Å². The van der Waals surface area contributed by atoms with E-state index in [4.69, 9.17) is 4.52 Å². The molecule has 11 heteroatoms. The molecule has 1 N–H and O–H groups in total. The van der Waals surface area contributed by atoms with Crippen LogP contribution in [0.1, 0.15) is 36.3 Å². The van der Waals surface area contributed by atoms with Crippen LogP contribution in [0.3, 0.4) is 0 Å². The van der Waals surface area contributed by atoms with E-state index in [0.29, 0.717) is 36.1 Å². The summed E-state index contributed by atoms with van der Waals surface area (Å²) >= 11 is 0. The van der Waals surface area contributed by atoms with Crippen LogP contribution in [0.15, 0.2) is 57.9 Å². The molecule has 1 aromatic heterocycles. The van der Waals surface area contributed by atoms with E-state index in [1.54, 1.807) is 28.6 Å². The molecule has 3 aromatic rings. The highest BCUT2D eigenvalue weighted by atomic mass is 32.2. The minimum atomic E-state index is -3.46. The van der Waals surface area contributed by atoms with Crippen molar-refractivity contribution in [3.8, 4) is 11.4 Å². The highest BCUT2D eigenvalue weighted by Gasteiger charge is 2.28. The number of benzene rings is 2. The molecule has 3 heterocycles. The Kier molecular flexibility index (Phi) is 6.35. The van der Waals surface area contributed by atoms with Crippen molar-refractivity contribution in [3.63, 3.8) is 0 Å². The molecule has 2 aliphatic heterocycles. The van der Waals surface area contributed by atoms with Gasteiger partial charge in [0.05, 0.1) is 24.4 Å². The van der Waals surface area contributed by atoms with Crippen LogP contribution < -0.4 is 5.32 Å². The third kappa shape index (κ3) is 4.96. The monoisotopic (exact) mass is 495 g/mol. The molecule has 0 atom stereocenters. The van der Waals surface area contributed by atoms with Crippen molar-refractivity contribution in [3.05, 3.63) is 65.5 Å². The number of imide groups is 1. The van der Waals surface area contributed by atoms with Crippen molar-refractivity contribution in [1.29, 1.82) is 0 Å². The molecule has 0 radical (unpaired) electrons. The molecule has 5 rings (SSSR count). The van der Waals surface area contributed by atoms with Crippen LogP contribution >= 0.6 is 0 Å². The van der Waals surface area contributed by atoms with E-state index in [1.807, 2.05) is 24.3 Å². The van der Waals surface area contributed by atoms with Gasteiger partial charge in [-0.2, -0.15) is 9.29 Å². The molecular weight excluding hydrogens is 470 g/mol. The van der Waals surface area contributed by atoms with Crippen molar-refractivity contribution < 1.29 is 22.5 Å². The lowest BCUT2D eigenvalue weighted by Gasteiger charge is -2.25. The van der Waals surface area contributed by atoms with Crippen molar-refractivity contribution >= 4 is 22.0 Å². The zero-order valence-electron chi connectivity index (χ0n) is 19.0. The fourth-order valence-corrected chi connectivity index (χ4v) is 5.73. The maximum absolute atomic E-state index is 12.8. The van der Waals surface area contributed by atoms with Gasteiger partial charge < -0.3 is 9.84 Å². The number of hydrogen-bond donors (Lipinski definition) is 1. The van der Waals surface area contributed by atoms with Crippen LogP contribution in [-0.2, 0) is 27.8 Å². The molecule has 0 saturated carbocycles. The second-order valence-corrected chi connectivity index (χ2v) is 10.6. The highest BCUT2D eigenvalue weighted by Crippen LogP contribution is 2.22. The van der Waals surface area contributed by atoms with Crippen LogP contribution in [0, 0.1) is 0 Å². The summed E-state index contributed by atoms with van der Waals surface area (Å²) in [5.41, 5.74) is 2.41. The third-order valence-electron chi connectivity index (χ3n) is 6.19. The van der Waals surface area contributed by atoms with E-state index in [1.165, 1.54) is 4.90 Å². The Morgan fingerprint density at radius 2 is 1.60 bits per heavy atom. The molecule has 0 aliphatic carbocycles. The first kappa shape index (κ1) is 23.2. The summed E-state index contributed by atoms with van der Waals surface area (Å²) in [4.78, 5) is 29.4. The first-order valence-electron chi connectivity index (χ1n) is 11.5. The fraction of sp³-hybridized carbons (Fsp3) is 0.333. The zero-order valence-corrected chi connectivity index (χ0v) is 19.8. The number of carbonyl (C=O) groups excluding carboxylic acids is 2. The second-order valence-electron chi connectivity index (χ2n) is 8.63. The molecule has 0 spiro atoms. The number of rotatable bonds is 7. The average Bonchev–Trinajstić information content (AvgIpc) is 3.47. The van der Waals surface area contributed by atoms with Gasteiger partial charge >= 0.3 is 6.03 Å². The minimum Gasteiger partial charge on any atom is -0.339 e. The number of amides is 3. The second kappa shape index (κ2) is 9.59. The van der Waals surface area contributed by atoms with Gasteiger partial charge in [-0.15, -0.1) is 0 Å². The van der Waals surface area contributed by atoms with Gasteiger partial charge in [-0.3, -0.25) is 9.69 Å². The number of sulfonamides is 1. The maximum atomic E-state index is 12.8. The van der Waals surface area contributed by atoms with Gasteiger partial charge in [0.25, 0.3) is 0 Å². The van der Waals surface area contributed by atoms with Crippen LogP contribution in [0.2, 0.25) is 0 Å². The Balaban J connectivity index is 1.23. The van der Waals surface area contributed by atoms with E-state index in [0.717, 1.165) is 36.0 Å². The Morgan fingerprint density at radius 1 is 0.914 bits per heavy atom. The number of piperidine rings is 1. The average molecular weight is 496 g/mol. The Hall–Kier alpha value is -3.57. The predicted octanol–water partition coefficient (Wildman–Crippen LogP) is 2.55. The van der Waals surface area contributed by atoms with E-state index < -0.39 is 10.0 Å². The summed E-state index contributed by atoms with van der Waals surface area (Å²) in [6, 6.07) is 13.6. The fourth-order valence-electron chi connectivity index (χ4n) is 4.21. The van der Waals surface area contributed by atoms with Gasteiger partial charge in [-0.05, 0) is 36.1 Å². The lowest BCUT2D eigenvalue weighted by atomic mass is 10.1. The van der Waals surface area contributed by atoms with Crippen molar-refractivity contribution in [2.75, 3.05) is 19.6 Å². The summed E-state index contributed by atoms with van der Waals surface area (Å²) in [7, 11) is -3.46. The summed E-state index contributed by atoms with van der Waals surface area (Å²) < 4.78 is 32.6. The SMILES string of the molecule is O=C1CNC(=O)N1Cc1ccc(-c2noc(Cc3ccc(S(=O)(=O)N4CCCCC4)cc3)n2)cc1. The van der Waals surface area contributed by atoms with Crippen molar-refractivity contribution in [2.24, 2.45) is 0 Å². The van der Waals surface area contributed by atoms with Crippen molar-refractivity contribution in [1.82, 2.24) is 24.7 Å². The Labute approximate surface area is 203 Å². The van der Waals surface area contributed by atoms with Crippen LogP contribution in [0.4, 0.5) is 4.79 Å². The van der Waals surface area contributed by atoms with Gasteiger partial charge in [0.1, 0.15) is 0 Å². The minimum absolute atomic E-state index is 0.0273. The number of aromatic nitrogens is 2. The maximum Gasteiger partial charge on any atom is 0.324 e. The molecule has 0 unspecified atom stereocenters. The van der Waals surface area contributed by atoms with Gasteiger partial charge in [0, 0.05) is 18.7 Å². The van der Waals surface area contributed by atoms with Crippen LogP contribution in [-0.4, -0.2) is 59.3 Å². The van der Waals surface area contributed by atoms with Crippen LogP contribution in [0.25, 0.3) is 11.4 Å². The summed E-state index contributed by atoms with van der Waals surface area (Å²) in [6.45, 7) is 1.37. The van der Waals surface area contributed by atoms with E-state index >= 15 is 0 Å². The smallest absolute Gasteiger partial charge is 0.324 e. The molecule has 182 valence electrons. The zero-order chi connectivity index (χ0) is 24.4. The molecule has 35 heavy (non-hydrogen) atoms. The molecule has 2 aromatic carbocycles. The number of carbonyl (C=O) groups is 2. The lowest BCUT2D eigenvalue weighted by Crippen LogP contribution is -2.35. The molecule has 2 aliphatic rings. The molecule has 2 saturated heterocycles. The predicted molar refractivity (Wildman–Crippen MR) is 126 cm³/mol. The topological polar surface area (TPSA) is 126 Å². The van der Waals surface area contributed by atoms with Gasteiger partial charge in [0.15, 0.2) is 0 Å². The number of hydrogen-bond acceptors (Lipinski definition) is 7. The van der Waals surface area contributed by atoms with E-state index in [-0.39, 0.29) is 25.0 Å². The lowest BCUT2D eigenvalue weighted by molar-refractivity contribution is -0.125. The van der Waals surface area contributed by atoms with Crippen LogP contribution in [0.5, 0.6) is 0 Å². The molecule has 10 nitrogen and oxygen atoms in total. The third-order valence-corrected chi connectivity index (χ3v) is 8.10. The molecule has 0 bridgehead atoms. The van der Waals surface area contributed by atoms with Gasteiger partial charge in [0.2, 0.25) is 27.6 Å². The van der Waals surface area contributed by atoms with E-state index in [9.17, 15) is 18.0 Å². The quantitative estimate of drug-likeness (QED) is 0.499. The number of nitrogens with zero attached hydrogens (tertiary/aromatic N) is 4. The van der Waals surface area contributed by atoms with E-state index in [2.05, 4.69) is 15.5 Å². The number of urea groups is 1. The Bertz CT molecular complexity index is 1310. The number of nitrogens with one attached hydrogen (secondary N) is 1. The summed E-state index contributed by atoms with van der Waals surface area (Å²) in [5.74, 6) is 0.583. The molecule has 2 fully saturated rings. The molecular formula is C24H25N5O5S. The largest absolute Gasteiger partial charge is 0.339 e. The van der Waals surface area contributed by atoms with Gasteiger partial charge in [-0.1, -0.05) is 48.0 Å². The van der Waals surface area contributed by atoms with Crippen molar-refractivity contribution in [2.45, 2.75) is 37.1 Å². The first-order valence-corrected chi connectivity index (χ1v) is 12.9. The Morgan fingerprint density at radius 3 is 2.26 bits per heavy atom. The molecule has 3 amide bonds. The normalized spacial score (nSPS) is 17.1. The summed E-state index contributed by atoms with van der Waals surface area (Å²) in [5, 5.41) is 6.54. The standard InChI is InChI=1S/C24H25N5O5S/c30-22-15-25-24(31)29(22)16-18-4-8-19(9-5-18)23-26-21(34-27-23)14-17-6-10-20(11-7-17)35(32,33)28-12-2-1-3-13-28/h4-11H,1-3,12-16H2,(H,25,31).